The van der Waals surface area contributed by atoms with Gasteiger partial charge in [0.2, 0.25) is 0 Å². The quantitative estimate of drug-likeness (QED) is 0.712. The number of hydrogen-bond acceptors (Lipinski definition) is 0. The smallest absolute Gasteiger partial charge is 0.107 e. The molecule has 0 heterocycles. The molecule has 15 heavy (non-hydrogen) atoms. The van der Waals surface area contributed by atoms with E-state index in [1.165, 1.54) is 0 Å². The number of hydrogen-bond donors (Lipinski definition) is 0. The van der Waals surface area contributed by atoms with Gasteiger partial charge in [-0.15, -0.1) is 0 Å². The third kappa shape index (κ3) is 2.11. The second kappa shape index (κ2) is 4.26. The van der Waals surface area contributed by atoms with E-state index >= 15 is 0 Å². The molecule has 0 aliphatic heterocycles. The lowest BCUT2D eigenvalue weighted by molar-refractivity contribution is 0.534. The van der Waals surface area contributed by atoms with Crippen molar-refractivity contribution in [3.8, 4) is 0 Å². The number of benzene rings is 1. The van der Waals surface area contributed by atoms with E-state index in [0.29, 0.717) is 10.4 Å². The summed E-state index contributed by atoms with van der Waals surface area (Å²) >= 11 is 9.02. The van der Waals surface area contributed by atoms with E-state index in [4.69, 9.17) is 11.6 Å². The van der Waals surface area contributed by atoms with E-state index in [0.717, 1.165) is 18.4 Å². The second-order valence-corrected chi connectivity index (χ2v) is 4.88. The molecule has 0 spiro atoms. The Morgan fingerprint density at radius 2 is 2.00 bits per heavy atom. The Kier molecular flexibility index (Phi) is 3.17. The van der Waals surface area contributed by atoms with E-state index in [1.54, 1.807) is 6.08 Å². The Bertz CT molecular complexity index is 379. The lowest BCUT2D eigenvalue weighted by atomic mass is 9.94. The van der Waals surface area contributed by atoms with Crippen LogP contribution in [0.25, 0.3) is 0 Å². The van der Waals surface area contributed by atoms with Crippen molar-refractivity contribution in [3.05, 3.63) is 46.8 Å². The molecule has 1 aliphatic carbocycles. The van der Waals surface area contributed by atoms with Crippen LogP contribution in [0.15, 0.2) is 36.2 Å². The molecular formula is C12H11BrClF. The zero-order valence-electron chi connectivity index (χ0n) is 8.14. The SMILES string of the molecule is FC(=CCBr)C1(c2ccc(Cl)cc2)CC1. The molecule has 1 saturated carbocycles. The van der Waals surface area contributed by atoms with Crippen LogP contribution in [0.5, 0.6) is 0 Å². The van der Waals surface area contributed by atoms with Crippen molar-refractivity contribution in [3.63, 3.8) is 0 Å². The predicted molar refractivity (Wildman–Crippen MR) is 65.3 cm³/mol. The van der Waals surface area contributed by atoms with Gasteiger partial charge in [0.1, 0.15) is 5.83 Å². The fourth-order valence-electron chi connectivity index (χ4n) is 1.82. The number of halogens is 3. The maximum Gasteiger partial charge on any atom is 0.107 e. The summed E-state index contributed by atoms with van der Waals surface area (Å²) < 4.78 is 13.8. The molecule has 0 unspecified atom stereocenters. The van der Waals surface area contributed by atoms with Crippen LogP contribution in [-0.2, 0) is 5.41 Å². The Hall–Kier alpha value is -0.340. The Morgan fingerprint density at radius 1 is 1.40 bits per heavy atom. The highest BCUT2D eigenvalue weighted by Crippen LogP contribution is 2.54. The fraction of sp³-hybridized carbons (Fsp3) is 0.333. The minimum atomic E-state index is -0.349. The van der Waals surface area contributed by atoms with Gasteiger partial charge in [-0.25, -0.2) is 4.39 Å². The molecule has 1 fully saturated rings. The second-order valence-electron chi connectivity index (χ2n) is 3.80. The molecule has 0 saturated heterocycles. The Morgan fingerprint density at radius 3 is 2.47 bits per heavy atom. The van der Waals surface area contributed by atoms with Gasteiger partial charge in [-0.1, -0.05) is 39.7 Å². The Labute approximate surface area is 102 Å². The van der Waals surface area contributed by atoms with Gasteiger partial charge in [0, 0.05) is 15.8 Å². The zero-order valence-corrected chi connectivity index (χ0v) is 10.5. The summed E-state index contributed by atoms with van der Waals surface area (Å²) in [6, 6.07) is 7.46. The van der Waals surface area contributed by atoms with Crippen molar-refractivity contribution in [2.45, 2.75) is 18.3 Å². The maximum atomic E-state index is 13.8. The van der Waals surface area contributed by atoms with Crippen molar-refractivity contribution in [2.24, 2.45) is 0 Å². The molecule has 0 N–H and O–H groups in total. The largest absolute Gasteiger partial charge is 0.211 e. The number of allylic oxidation sites excluding steroid dienone is 2. The summed E-state index contributed by atoms with van der Waals surface area (Å²) in [5.41, 5.74) is 0.680. The van der Waals surface area contributed by atoms with Crippen molar-refractivity contribution in [1.29, 1.82) is 0 Å². The van der Waals surface area contributed by atoms with Gasteiger partial charge < -0.3 is 0 Å². The van der Waals surface area contributed by atoms with Crippen molar-refractivity contribution >= 4 is 27.5 Å². The molecule has 2 rings (SSSR count). The first-order valence-corrected chi connectivity index (χ1v) is 6.37. The van der Waals surface area contributed by atoms with Crippen LogP contribution in [0.3, 0.4) is 0 Å². The van der Waals surface area contributed by atoms with Crippen LogP contribution in [0.4, 0.5) is 4.39 Å². The molecule has 0 bridgehead atoms. The van der Waals surface area contributed by atoms with Crippen LogP contribution in [0, 0.1) is 0 Å². The molecule has 1 aliphatic rings. The first-order chi connectivity index (χ1) is 7.19. The molecular weight excluding hydrogens is 278 g/mol. The summed E-state index contributed by atoms with van der Waals surface area (Å²) in [4.78, 5) is 0. The summed E-state index contributed by atoms with van der Waals surface area (Å²) in [7, 11) is 0. The highest BCUT2D eigenvalue weighted by Gasteiger charge is 2.48. The van der Waals surface area contributed by atoms with Gasteiger partial charge in [-0.05, 0) is 36.6 Å². The van der Waals surface area contributed by atoms with Crippen molar-refractivity contribution < 1.29 is 4.39 Å². The van der Waals surface area contributed by atoms with Crippen LogP contribution < -0.4 is 0 Å². The molecule has 1 aromatic carbocycles. The van der Waals surface area contributed by atoms with E-state index in [9.17, 15) is 4.39 Å². The average molecular weight is 290 g/mol. The molecule has 1 aromatic rings. The fourth-order valence-corrected chi connectivity index (χ4v) is 2.23. The summed E-state index contributed by atoms with van der Waals surface area (Å²) in [6.07, 6.45) is 3.38. The van der Waals surface area contributed by atoms with Gasteiger partial charge in [0.15, 0.2) is 0 Å². The van der Waals surface area contributed by atoms with E-state index in [2.05, 4.69) is 15.9 Å². The number of rotatable bonds is 3. The van der Waals surface area contributed by atoms with Crippen LogP contribution in [0.2, 0.25) is 5.02 Å². The van der Waals surface area contributed by atoms with Crippen LogP contribution >= 0.6 is 27.5 Å². The topological polar surface area (TPSA) is 0 Å². The van der Waals surface area contributed by atoms with Crippen LogP contribution in [-0.4, -0.2) is 5.33 Å². The molecule has 0 atom stereocenters. The zero-order chi connectivity index (χ0) is 10.9. The first-order valence-electron chi connectivity index (χ1n) is 4.87. The minimum absolute atomic E-state index is 0.0262. The van der Waals surface area contributed by atoms with E-state index in [-0.39, 0.29) is 11.2 Å². The van der Waals surface area contributed by atoms with Gasteiger partial charge >= 0.3 is 0 Å². The Balaban J connectivity index is 2.30. The minimum Gasteiger partial charge on any atom is -0.211 e. The third-order valence-electron chi connectivity index (χ3n) is 2.86. The molecule has 0 aromatic heterocycles. The third-order valence-corrected chi connectivity index (χ3v) is 3.44. The average Bonchev–Trinajstić information content (AvgIpc) is 3.00. The van der Waals surface area contributed by atoms with Crippen molar-refractivity contribution in [2.75, 3.05) is 5.33 Å². The van der Waals surface area contributed by atoms with Crippen molar-refractivity contribution in [1.82, 2.24) is 0 Å². The lowest BCUT2D eigenvalue weighted by Gasteiger charge is -2.13. The predicted octanol–water partition coefficient (Wildman–Crippen LogP) is 4.62. The summed E-state index contributed by atoms with van der Waals surface area (Å²) in [5, 5.41) is 1.26. The van der Waals surface area contributed by atoms with Crippen LogP contribution in [0.1, 0.15) is 18.4 Å². The molecule has 0 nitrogen and oxygen atoms in total. The first kappa shape index (κ1) is 11.2. The van der Waals surface area contributed by atoms with Gasteiger partial charge in [0.05, 0.1) is 0 Å². The highest BCUT2D eigenvalue weighted by molar-refractivity contribution is 9.09. The molecule has 0 radical (unpaired) electrons. The van der Waals surface area contributed by atoms with Gasteiger partial charge in [-0.3, -0.25) is 0 Å². The monoisotopic (exact) mass is 288 g/mol. The standard InChI is InChI=1S/C12H11BrClF/c13-8-5-11(15)12(6-7-12)9-1-3-10(14)4-2-9/h1-5H,6-8H2. The molecule has 0 amide bonds. The maximum absolute atomic E-state index is 13.8. The van der Waals surface area contributed by atoms with E-state index in [1.807, 2.05) is 24.3 Å². The lowest BCUT2D eigenvalue weighted by Crippen LogP contribution is -2.07. The normalized spacial score (nSPS) is 19.0. The number of alkyl halides is 1. The molecule has 80 valence electrons. The molecule has 3 heteroatoms. The van der Waals surface area contributed by atoms with E-state index < -0.39 is 0 Å². The summed E-state index contributed by atoms with van der Waals surface area (Å²) in [5.74, 6) is -0.0262. The van der Waals surface area contributed by atoms with Gasteiger partial charge in [-0.2, -0.15) is 0 Å². The highest BCUT2D eigenvalue weighted by atomic mass is 79.9. The van der Waals surface area contributed by atoms with Gasteiger partial charge in [0.25, 0.3) is 0 Å². The summed E-state index contributed by atoms with van der Waals surface area (Å²) in [6.45, 7) is 0.